The minimum Gasteiger partial charge on any atom is -0.486 e. The predicted molar refractivity (Wildman–Crippen MR) is 115 cm³/mol. The molecule has 0 aliphatic carbocycles. The molecule has 0 fully saturated rings. The van der Waals surface area contributed by atoms with E-state index >= 15 is 0 Å². The van der Waals surface area contributed by atoms with Gasteiger partial charge in [-0.2, -0.15) is 0 Å². The molecule has 152 valence electrons. The van der Waals surface area contributed by atoms with Crippen LogP contribution < -0.4 is 25.4 Å². The van der Waals surface area contributed by atoms with Crippen molar-refractivity contribution >= 4 is 28.9 Å². The van der Waals surface area contributed by atoms with Gasteiger partial charge in [-0.3, -0.25) is 9.59 Å². The molecule has 1 aliphatic heterocycles. The fraction of sp³-hybridized carbons (Fsp3) is 0.130. The van der Waals surface area contributed by atoms with Crippen molar-refractivity contribution in [2.24, 2.45) is 0 Å². The Morgan fingerprint density at radius 1 is 0.767 bits per heavy atom. The van der Waals surface area contributed by atoms with Gasteiger partial charge in [0.1, 0.15) is 13.2 Å². The van der Waals surface area contributed by atoms with Gasteiger partial charge in [0.2, 0.25) is 5.91 Å². The summed E-state index contributed by atoms with van der Waals surface area (Å²) in [4.78, 5) is 25.0. The molecule has 1 aliphatic rings. The fourth-order valence-corrected chi connectivity index (χ4v) is 3.06. The Kier molecular flexibility index (Phi) is 5.80. The zero-order chi connectivity index (χ0) is 20.8. The van der Waals surface area contributed by atoms with E-state index in [9.17, 15) is 9.59 Å². The van der Waals surface area contributed by atoms with Crippen LogP contribution in [-0.2, 0) is 4.79 Å². The molecule has 7 heteroatoms. The number of para-hydroxylation sites is 2. The number of amides is 2. The number of carbonyl (C=O) groups is 2. The van der Waals surface area contributed by atoms with Crippen molar-refractivity contribution in [1.82, 2.24) is 0 Å². The van der Waals surface area contributed by atoms with Gasteiger partial charge in [0, 0.05) is 23.1 Å². The molecule has 0 bridgehead atoms. The first-order valence-electron chi connectivity index (χ1n) is 9.58. The predicted octanol–water partition coefficient (Wildman–Crippen LogP) is 3.76. The number of ether oxygens (including phenoxy) is 2. The minimum atomic E-state index is -0.253. The lowest BCUT2D eigenvalue weighted by atomic mass is 10.1. The van der Waals surface area contributed by atoms with Gasteiger partial charge in [0.15, 0.2) is 11.5 Å². The summed E-state index contributed by atoms with van der Waals surface area (Å²) in [7, 11) is 0. The molecule has 0 atom stereocenters. The number of anilines is 3. The summed E-state index contributed by atoms with van der Waals surface area (Å²) in [6.45, 7) is 0.998. The fourth-order valence-electron chi connectivity index (χ4n) is 3.06. The third kappa shape index (κ3) is 4.70. The highest BCUT2D eigenvalue weighted by Gasteiger charge is 2.14. The third-order valence-electron chi connectivity index (χ3n) is 4.47. The number of fused-ring (bicyclic) bond motifs is 1. The van der Waals surface area contributed by atoms with Crippen molar-refractivity contribution in [1.29, 1.82) is 0 Å². The Labute approximate surface area is 174 Å². The molecule has 0 spiro atoms. The van der Waals surface area contributed by atoms with Crippen LogP contribution in [0.4, 0.5) is 17.1 Å². The van der Waals surface area contributed by atoms with Crippen molar-refractivity contribution in [3.05, 3.63) is 78.4 Å². The van der Waals surface area contributed by atoms with E-state index in [4.69, 9.17) is 9.47 Å². The molecule has 3 aromatic carbocycles. The number of benzene rings is 3. The average Bonchev–Trinajstić information content (AvgIpc) is 2.78. The Morgan fingerprint density at radius 2 is 1.50 bits per heavy atom. The first-order chi connectivity index (χ1) is 14.7. The van der Waals surface area contributed by atoms with Crippen molar-refractivity contribution in [3.8, 4) is 11.5 Å². The average molecular weight is 403 g/mol. The van der Waals surface area contributed by atoms with Gasteiger partial charge in [-0.05, 0) is 36.4 Å². The molecule has 4 rings (SSSR count). The van der Waals surface area contributed by atoms with E-state index in [0.29, 0.717) is 47.3 Å². The number of hydrogen-bond donors (Lipinski definition) is 3. The molecule has 0 unspecified atom stereocenters. The zero-order valence-electron chi connectivity index (χ0n) is 16.2. The van der Waals surface area contributed by atoms with Crippen LogP contribution in [0.15, 0.2) is 72.8 Å². The minimum absolute atomic E-state index is 0.00404. The molecule has 0 saturated heterocycles. The Morgan fingerprint density at radius 3 is 2.33 bits per heavy atom. The summed E-state index contributed by atoms with van der Waals surface area (Å²) < 4.78 is 11.0. The van der Waals surface area contributed by atoms with E-state index in [1.165, 1.54) is 0 Å². The maximum absolute atomic E-state index is 12.6. The van der Waals surface area contributed by atoms with Crippen LogP contribution in [-0.4, -0.2) is 31.6 Å². The van der Waals surface area contributed by atoms with Gasteiger partial charge in [0.05, 0.1) is 12.1 Å². The molecular formula is C23H21N3O4. The van der Waals surface area contributed by atoms with Crippen LogP contribution in [0, 0.1) is 0 Å². The molecule has 0 radical (unpaired) electrons. The molecule has 3 aromatic rings. The number of hydrogen-bond acceptors (Lipinski definition) is 5. The second-order valence-corrected chi connectivity index (χ2v) is 6.63. The van der Waals surface area contributed by atoms with Gasteiger partial charge >= 0.3 is 0 Å². The molecule has 30 heavy (non-hydrogen) atoms. The van der Waals surface area contributed by atoms with E-state index in [0.717, 1.165) is 0 Å². The standard InChI is InChI=1S/C23H21N3O4/c27-22(25-17-10-11-20-21(14-17)30-13-12-29-20)15-24-19-9-5-4-8-18(19)23(28)26-16-6-2-1-3-7-16/h1-11,14,24H,12-13,15H2,(H,25,27)(H,26,28). The van der Waals surface area contributed by atoms with Gasteiger partial charge in [0.25, 0.3) is 5.91 Å². The lowest BCUT2D eigenvalue weighted by molar-refractivity contribution is -0.114. The van der Waals surface area contributed by atoms with Crippen LogP contribution in [0.3, 0.4) is 0 Å². The second kappa shape index (κ2) is 9.00. The quantitative estimate of drug-likeness (QED) is 0.583. The topological polar surface area (TPSA) is 88.7 Å². The maximum Gasteiger partial charge on any atom is 0.257 e. The second-order valence-electron chi connectivity index (χ2n) is 6.63. The number of carbonyl (C=O) groups excluding carboxylic acids is 2. The van der Waals surface area contributed by atoms with Crippen LogP contribution in [0.1, 0.15) is 10.4 Å². The van der Waals surface area contributed by atoms with Gasteiger partial charge in [-0.1, -0.05) is 30.3 Å². The third-order valence-corrected chi connectivity index (χ3v) is 4.47. The monoisotopic (exact) mass is 403 g/mol. The Balaban J connectivity index is 1.38. The molecule has 1 heterocycles. The van der Waals surface area contributed by atoms with E-state index in [1.807, 2.05) is 30.3 Å². The maximum atomic E-state index is 12.6. The van der Waals surface area contributed by atoms with Crippen LogP contribution in [0.25, 0.3) is 0 Å². The lowest BCUT2D eigenvalue weighted by Crippen LogP contribution is -2.23. The zero-order valence-corrected chi connectivity index (χ0v) is 16.2. The van der Waals surface area contributed by atoms with Crippen LogP contribution in [0.2, 0.25) is 0 Å². The lowest BCUT2D eigenvalue weighted by Gasteiger charge is -2.19. The van der Waals surface area contributed by atoms with E-state index in [-0.39, 0.29) is 18.4 Å². The number of rotatable bonds is 6. The number of nitrogens with one attached hydrogen (secondary N) is 3. The highest BCUT2D eigenvalue weighted by atomic mass is 16.6. The summed E-state index contributed by atoms with van der Waals surface area (Å²) in [5.74, 6) is 0.771. The molecule has 3 N–H and O–H groups in total. The van der Waals surface area contributed by atoms with Crippen molar-refractivity contribution in [2.75, 3.05) is 35.7 Å². The first-order valence-corrected chi connectivity index (χ1v) is 9.58. The Bertz CT molecular complexity index is 1050. The molecule has 0 aromatic heterocycles. The molecule has 7 nitrogen and oxygen atoms in total. The van der Waals surface area contributed by atoms with E-state index < -0.39 is 0 Å². The summed E-state index contributed by atoms with van der Waals surface area (Å²) in [6.07, 6.45) is 0. The highest BCUT2D eigenvalue weighted by molar-refractivity contribution is 6.08. The van der Waals surface area contributed by atoms with Gasteiger partial charge in [-0.15, -0.1) is 0 Å². The van der Waals surface area contributed by atoms with Crippen LogP contribution in [0.5, 0.6) is 11.5 Å². The summed E-state index contributed by atoms with van der Waals surface area (Å²) in [5.41, 5.74) is 2.34. The largest absolute Gasteiger partial charge is 0.486 e. The van der Waals surface area contributed by atoms with Gasteiger partial charge < -0.3 is 25.4 Å². The summed E-state index contributed by atoms with van der Waals surface area (Å²) in [6, 6.07) is 21.5. The molecular weight excluding hydrogens is 382 g/mol. The molecule has 0 saturated carbocycles. The molecule has 2 amide bonds. The normalized spacial score (nSPS) is 12.0. The SMILES string of the molecule is O=C(CNc1ccccc1C(=O)Nc1ccccc1)Nc1ccc2c(c1)OCCO2. The summed E-state index contributed by atoms with van der Waals surface area (Å²) in [5, 5.41) is 8.70. The van der Waals surface area contributed by atoms with Crippen LogP contribution >= 0.6 is 0 Å². The first kappa shape index (κ1) is 19.3. The summed E-state index contributed by atoms with van der Waals surface area (Å²) >= 11 is 0. The van der Waals surface area contributed by atoms with Crippen molar-refractivity contribution in [3.63, 3.8) is 0 Å². The van der Waals surface area contributed by atoms with Gasteiger partial charge in [-0.25, -0.2) is 0 Å². The van der Waals surface area contributed by atoms with E-state index in [2.05, 4.69) is 16.0 Å². The van der Waals surface area contributed by atoms with Crippen molar-refractivity contribution < 1.29 is 19.1 Å². The van der Waals surface area contributed by atoms with E-state index in [1.54, 1.807) is 42.5 Å². The highest BCUT2D eigenvalue weighted by Crippen LogP contribution is 2.32. The smallest absolute Gasteiger partial charge is 0.257 e. The Hall–Kier alpha value is -4.00. The van der Waals surface area contributed by atoms with Crippen molar-refractivity contribution in [2.45, 2.75) is 0 Å².